The van der Waals surface area contributed by atoms with E-state index in [1.54, 1.807) is 0 Å². The molecule has 0 unspecified atom stereocenters. The Morgan fingerprint density at radius 2 is 2.00 bits per heavy atom. The third kappa shape index (κ3) is 2.48. The number of carboxylic acid groups (broad SMARTS) is 1. The lowest BCUT2D eigenvalue weighted by molar-refractivity contribution is 0.0698. The quantitative estimate of drug-likeness (QED) is 0.875. The minimum atomic E-state index is -1.17. The van der Waals surface area contributed by atoms with Crippen LogP contribution in [0.15, 0.2) is 29.6 Å². The third-order valence-electron chi connectivity index (χ3n) is 2.51. The molecule has 2 aromatic rings. The zero-order chi connectivity index (χ0) is 14.0. The zero-order valence-electron chi connectivity index (χ0n) is 9.84. The number of methoxy groups -OCH3 is 1. The molecule has 1 aromatic heterocycles. The van der Waals surface area contributed by atoms with Crippen molar-refractivity contribution in [3.63, 3.8) is 0 Å². The van der Waals surface area contributed by atoms with Crippen molar-refractivity contribution in [2.45, 2.75) is 0 Å². The van der Waals surface area contributed by atoms with Crippen molar-refractivity contribution in [1.29, 1.82) is 0 Å². The maximum absolute atomic E-state index is 13.1. The van der Waals surface area contributed by atoms with Crippen LogP contribution in [0, 0.1) is 5.82 Å². The maximum atomic E-state index is 13.1. The fourth-order valence-corrected chi connectivity index (χ4v) is 2.38. The van der Waals surface area contributed by atoms with Gasteiger partial charge in [-0.3, -0.25) is 4.79 Å². The summed E-state index contributed by atoms with van der Waals surface area (Å²) in [7, 11) is 1.32. The molecule has 1 heterocycles. The van der Waals surface area contributed by atoms with Crippen LogP contribution in [-0.2, 0) is 0 Å². The van der Waals surface area contributed by atoms with Gasteiger partial charge in [-0.2, -0.15) is 0 Å². The average molecular weight is 280 g/mol. The van der Waals surface area contributed by atoms with E-state index in [9.17, 15) is 14.0 Å². The Bertz CT molecular complexity index is 648. The van der Waals surface area contributed by atoms with E-state index < -0.39 is 17.6 Å². The maximum Gasteiger partial charge on any atom is 0.346 e. The molecule has 0 aliphatic heterocycles. The van der Waals surface area contributed by atoms with E-state index in [4.69, 9.17) is 9.84 Å². The predicted molar refractivity (Wildman–Crippen MR) is 67.7 cm³/mol. The average Bonchev–Trinajstić information content (AvgIpc) is 2.87. The van der Waals surface area contributed by atoms with E-state index in [1.807, 2.05) is 0 Å². The lowest BCUT2D eigenvalue weighted by Crippen LogP contribution is -2.08. The van der Waals surface area contributed by atoms with Gasteiger partial charge >= 0.3 is 5.97 Å². The predicted octanol–water partition coefficient (Wildman–Crippen LogP) is 2.83. The van der Waals surface area contributed by atoms with Gasteiger partial charge in [0, 0.05) is 11.6 Å². The minimum Gasteiger partial charge on any atom is -0.496 e. The van der Waals surface area contributed by atoms with Crippen LogP contribution in [0.3, 0.4) is 0 Å². The van der Waals surface area contributed by atoms with Gasteiger partial charge in [-0.25, -0.2) is 9.18 Å². The Labute approximate surface area is 112 Å². The topological polar surface area (TPSA) is 63.6 Å². The fourth-order valence-electron chi connectivity index (χ4n) is 1.65. The number of carboxylic acids is 1. The van der Waals surface area contributed by atoms with Gasteiger partial charge in [0.25, 0.3) is 0 Å². The van der Waals surface area contributed by atoms with E-state index in [-0.39, 0.29) is 21.8 Å². The molecule has 0 fully saturated rings. The van der Waals surface area contributed by atoms with Crippen LogP contribution in [0.25, 0.3) is 0 Å². The van der Waals surface area contributed by atoms with E-state index in [1.165, 1.54) is 24.6 Å². The van der Waals surface area contributed by atoms with Crippen LogP contribution in [0.4, 0.5) is 4.39 Å². The second kappa shape index (κ2) is 5.19. The molecule has 0 amide bonds. The molecule has 6 heteroatoms. The SMILES string of the molecule is COc1cc(F)ccc1C(=O)c1ccsc1C(=O)O. The van der Waals surface area contributed by atoms with Gasteiger partial charge < -0.3 is 9.84 Å². The Morgan fingerprint density at radius 1 is 1.26 bits per heavy atom. The van der Waals surface area contributed by atoms with Crippen LogP contribution in [0.2, 0.25) is 0 Å². The largest absolute Gasteiger partial charge is 0.496 e. The summed E-state index contributed by atoms with van der Waals surface area (Å²) >= 11 is 0.962. The molecule has 4 nitrogen and oxygen atoms in total. The first kappa shape index (κ1) is 13.2. The number of ketones is 1. The van der Waals surface area contributed by atoms with Gasteiger partial charge in [-0.15, -0.1) is 11.3 Å². The Morgan fingerprint density at radius 3 is 2.63 bits per heavy atom. The van der Waals surface area contributed by atoms with Crippen LogP contribution in [0.5, 0.6) is 5.75 Å². The van der Waals surface area contributed by atoms with E-state index in [2.05, 4.69) is 0 Å². The smallest absolute Gasteiger partial charge is 0.346 e. The second-order valence-electron chi connectivity index (χ2n) is 3.64. The molecule has 0 spiro atoms. The van der Waals surface area contributed by atoms with E-state index >= 15 is 0 Å². The highest BCUT2D eigenvalue weighted by Gasteiger charge is 2.22. The summed E-state index contributed by atoms with van der Waals surface area (Å²) in [5.41, 5.74) is 0.201. The van der Waals surface area contributed by atoms with Gasteiger partial charge in [0.05, 0.1) is 12.7 Å². The molecular weight excluding hydrogens is 271 g/mol. The van der Waals surface area contributed by atoms with Crippen molar-refractivity contribution < 1.29 is 23.8 Å². The van der Waals surface area contributed by atoms with Crippen LogP contribution >= 0.6 is 11.3 Å². The second-order valence-corrected chi connectivity index (χ2v) is 4.56. The molecule has 1 aromatic carbocycles. The van der Waals surface area contributed by atoms with E-state index in [0.717, 1.165) is 23.5 Å². The first-order valence-corrected chi connectivity index (χ1v) is 6.11. The first-order valence-electron chi connectivity index (χ1n) is 5.23. The third-order valence-corrected chi connectivity index (χ3v) is 3.41. The number of halogens is 1. The molecule has 0 bridgehead atoms. The highest BCUT2D eigenvalue weighted by Crippen LogP contribution is 2.26. The Kier molecular flexibility index (Phi) is 3.62. The van der Waals surface area contributed by atoms with Crippen molar-refractivity contribution in [3.8, 4) is 5.75 Å². The van der Waals surface area contributed by atoms with E-state index in [0.29, 0.717) is 0 Å². The molecule has 0 saturated heterocycles. The lowest BCUT2D eigenvalue weighted by Gasteiger charge is -2.07. The number of hydrogen-bond acceptors (Lipinski definition) is 4. The number of aromatic carboxylic acids is 1. The number of hydrogen-bond donors (Lipinski definition) is 1. The zero-order valence-corrected chi connectivity index (χ0v) is 10.7. The van der Waals surface area contributed by atoms with Crippen molar-refractivity contribution in [1.82, 2.24) is 0 Å². The van der Waals surface area contributed by atoms with Gasteiger partial charge in [-0.05, 0) is 23.6 Å². The summed E-state index contributed by atoms with van der Waals surface area (Å²) in [5, 5.41) is 10.5. The molecule has 0 atom stereocenters. The van der Waals surface area contributed by atoms with Crippen molar-refractivity contribution in [3.05, 3.63) is 51.5 Å². The van der Waals surface area contributed by atoms with Crippen molar-refractivity contribution >= 4 is 23.1 Å². The summed E-state index contributed by atoms with van der Waals surface area (Å²) in [5.74, 6) is -2.13. The van der Waals surface area contributed by atoms with Gasteiger partial charge in [-0.1, -0.05) is 0 Å². The Hall–Kier alpha value is -2.21. The summed E-state index contributed by atoms with van der Waals surface area (Å²) in [6.45, 7) is 0. The Balaban J connectivity index is 2.50. The van der Waals surface area contributed by atoms with Crippen molar-refractivity contribution in [2.24, 2.45) is 0 Å². The minimum absolute atomic E-state index is 0.0450. The van der Waals surface area contributed by atoms with Gasteiger partial charge in [0.1, 0.15) is 16.4 Å². The lowest BCUT2D eigenvalue weighted by atomic mass is 10.0. The molecule has 0 saturated carbocycles. The number of rotatable bonds is 4. The van der Waals surface area contributed by atoms with Crippen LogP contribution in [0.1, 0.15) is 25.6 Å². The number of carbonyl (C=O) groups is 2. The number of ether oxygens (including phenoxy) is 1. The first-order chi connectivity index (χ1) is 9.04. The van der Waals surface area contributed by atoms with Crippen LogP contribution in [-0.4, -0.2) is 24.0 Å². The summed E-state index contributed by atoms with van der Waals surface area (Å²) in [6.07, 6.45) is 0. The summed E-state index contributed by atoms with van der Waals surface area (Å²) in [6, 6.07) is 4.92. The molecule has 98 valence electrons. The summed E-state index contributed by atoms with van der Waals surface area (Å²) in [4.78, 5) is 23.2. The van der Waals surface area contributed by atoms with Crippen molar-refractivity contribution in [2.75, 3.05) is 7.11 Å². The fraction of sp³-hybridized carbons (Fsp3) is 0.0769. The van der Waals surface area contributed by atoms with Gasteiger partial charge in [0.15, 0.2) is 5.78 Å². The summed E-state index contributed by atoms with van der Waals surface area (Å²) < 4.78 is 18.0. The molecule has 0 aliphatic carbocycles. The number of benzene rings is 1. The van der Waals surface area contributed by atoms with Crippen LogP contribution < -0.4 is 4.74 Å². The molecular formula is C13H9FO4S. The number of carbonyl (C=O) groups excluding carboxylic acids is 1. The normalized spacial score (nSPS) is 10.2. The monoisotopic (exact) mass is 280 g/mol. The molecule has 2 rings (SSSR count). The highest BCUT2D eigenvalue weighted by molar-refractivity contribution is 7.12. The molecule has 0 radical (unpaired) electrons. The molecule has 19 heavy (non-hydrogen) atoms. The highest BCUT2D eigenvalue weighted by atomic mass is 32.1. The standard InChI is InChI=1S/C13H9FO4S/c1-18-10-6-7(14)2-3-8(10)11(15)9-4-5-19-12(9)13(16)17/h2-6H,1H3,(H,16,17). The van der Waals surface area contributed by atoms with Gasteiger partial charge in [0.2, 0.25) is 0 Å². The molecule has 0 aliphatic rings. The number of thiophene rings is 1. The molecule has 1 N–H and O–H groups in total.